The van der Waals surface area contributed by atoms with Crippen LogP contribution in [0.5, 0.6) is 5.75 Å². The van der Waals surface area contributed by atoms with Crippen LogP contribution in [-0.4, -0.2) is 18.1 Å². The molecule has 5 nitrogen and oxygen atoms in total. The van der Waals surface area contributed by atoms with Gasteiger partial charge in [-0.3, -0.25) is 10.1 Å². The lowest BCUT2D eigenvalue weighted by atomic mass is 10.2. The fraction of sp³-hybridized carbons (Fsp3) is 0.200. The van der Waals surface area contributed by atoms with Gasteiger partial charge >= 0.3 is 0 Å². The Bertz CT molecular complexity index is 602. The fourth-order valence-corrected chi connectivity index (χ4v) is 2.19. The van der Waals surface area contributed by atoms with Crippen molar-refractivity contribution in [3.63, 3.8) is 0 Å². The molecule has 2 rings (SSSR count). The molecule has 0 saturated carbocycles. The van der Waals surface area contributed by atoms with Crippen LogP contribution < -0.4 is 10.1 Å². The van der Waals surface area contributed by atoms with E-state index in [1.54, 1.807) is 12.1 Å². The quantitative estimate of drug-likeness (QED) is 0.471. The van der Waals surface area contributed by atoms with Crippen molar-refractivity contribution < 1.29 is 9.66 Å². The predicted molar refractivity (Wildman–Crippen MR) is 84.4 cm³/mol. The molecule has 0 amide bonds. The van der Waals surface area contributed by atoms with E-state index >= 15 is 0 Å². The maximum absolute atomic E-state index is 10.5. The number of non-ortho nitro benzene ring substituents is 1. The van der Waals surface area contributed by atoms with E-state index in [-0.39, 0.29) is 5.69 Å². The number of nitrogens with one attached hydrogen (secondary N) is 1. The number of rotatable bonds is 7. The van der Waals surface area contributed by atoms with Gasteiger partial charge in [0.25, 0.3) is 5.69 Å². The molecule has 21 heavy (non-hydrogen) atoms. The molecule has 0 unspecified atom stereocenters. The van der Waals surface area contributed by atoms with Crippen molar-refractivity contribution in [2.45, 2.75) is 6.54 Å². The van der Waals surface area contributed by atoms with Gasteiger partial charge in [-0.25, -0.2) is 0 Å². The number of hydrogen-bond donors (Lipinski definition) is 1. The lowest BCUT2D eigenvalue weighted by Crippen LogP contribution is -2.20. The van der Waals surface area contributed by atoms with Gasteiger partial charge in [0.1, 0.15) is 12.4 Å². The second-order valence-electron chi connectivity index (χ2n) is 4.37. The Morgan fingerprint density at radius 1 is 1.14 bits per heavy atom. The Kier molecular flexibility index (Phi) is 5.71. The normalized spacial score (nSPS) is 10.3. The molecule has 0 spiro atoms. The molecule has 0 aliphatic rings. The highest BCUT2D eigenvalue weighted by Gasteiger charge is 2.04. The highest BCUT2D eigenvalue weighted by Crippen LogP contribution is 2.17. The third-order valence-electron chi connectivity index (χ3n) is 2.87. The predicted octanol–water partition coefficient (Wildman–Crippen LogP) is 3.53. The van der Waals surface area contributed by atoms with Crippen LogP contribution in [0.3, 0.4) is 0 Å². The lowest BCUT2D eigenvalue weighted by Gasteiger charge is -2.08. The van der Waals surface area contributed by atoms with E-state index in [2.05, 4.69) is 21.2 Å². The molecule has 2 aromatic carbocycles. The summed E-state index contributed by atoms with van der Waals surface area (Å²) < 4.78 is 6.59. The van der Waals surface area contributed by atoms with Crippen molar-refractivity contribution in [3.8, 4) is 5.75 Å². The van der Waals surface area contributed by atoms with Gasteiger partial charge in [-0.05, 0) is 23.8 Å². The summed E-state index contributed by atoms with van der Waals surface area (Å²) in [5.74, 6) is 0.628. The lowest BCUT2D eigenvalue weighted by molar-refractivity contribution is -0.384. The maximum Gasteiger partial charge on any atom is 0.269 e. The molecule has 110 valence electrons. The molecular formula is C15H15BrN2O3. The van der Waals surface area contributed by atoms with Crippen molar-refractivity contribution in [1.29, 1.82) is 0 Å². The molecule has 2 aromatic rings. The van der Waals surface area contributed by atoms with E-state index in [0.717, 1.165) is 11.0 Å². The van der Waals surface area contributed by atoms with E-state index in [4.69, 9.17) is 4.74 Å². The topological polar surface area (TPSA) is 64.4 Å². The molecule has 0 atom stereocenters. The number of benzene rings is 2. The third kappa shape index (κ3) is 4.84. The Balaban J connectivity index is 1.70. The number of hydrogen-bond acceptors (Lipinski definition) is 4. The second kappa shape index (κ2) is 7.75. The van der Waals surface area contributed by atoms with Crippen molar-refractivity contribution >= 4 is 21.6 Å². The molecular weight excluding hydrogens is 336 g/mol. The standard InChI is InChI=1S/C15H15BrN2O3/c16-15-4-2-1-3-12(15)11-17-9-10-21-14-7-5-13(6-8-14)18(19)20/h1-8,17H,9-11H2. The summed E-state index contributed by atoms with van der Waals surface area (Å²) in [4.78, 5) is 10.1. The van der Waals surface area contributed by atoms with Crippen LogP contribution in [0.25, 0.3) is 0 Å². The molecule has 0 aliphatic carbocycles. The minimum Gasteiger partial charge on any atom is -0.492 e. The van der Waals surface area contributed by atoms with Gasteiger partial charge in [-0.2, -0.15) is 0 Å². The maximum atomic E-state index is 10.5. The zero-order valence-electron chi connectivity index (χ0n) is 11.3. The highest BCUT2D eigenvalue weighted by atomic mass is 79.9. The molecule has 0 radical (unpaired) electrons. The van der Waals surface area contributed by atoms with Crippen LogP contribution in [0.4, 0.5) is 5.69 Å². The summed E-state index contributed by atoms with van der Waals surface area (Å²) in [6, 6.07) is 14.1. The summed E-state index contributed by atoms with van der Waals surface area (Å²) in [5, 5.41) is 13.8. The van der Waals surface area contributed by atoms with Crippen LogP contribution in [-0.2, 0) is 6.54 Å². The molecule has 0 aliphatic heterocycles. The molecule has 0 bridgehead atoms. The van der Waals surface area contributed by atoms with Crippen LogP contribution in [0.15, 0.2) is 53.0 Å². The average Bonchev–Trinajstić information content (AvgIpc) is 2.49. The van der Waals surface area contributed by atoms with Gasteiger partial charge < -0.3 is 10.1 Å². The molecule has 0 fully saturated rings. The van der Waals surface area contributed by atoms with Crippen molar-refractivity contribution in [2.75, 3.05) is 13.2 Å². The van der Waals surface area contributed by atoms with E-state index in [1.165, 1.54) is 17.7 Å². The van der Waals surface area contributed by atoms with Crippen molar-refractivity contribution in [3.05, 3.63) is 68.7 Å². The zero-order valence-corrected chi connectivity index (χ0v) is 12.9. The molecule has 0 saturated heterocycles. The monoisotopic (exact) mass is 350 g/mol. The Morgan fingerprint density at radius 2 is 1.86 bits per heavy atom. The Hall–Kier alpha value is -1.92. The molecule has 1 N–H and O–H groups in total. The van der Waals surface area contributed by atoms with E-state index < -0.39 is 4.92 Å². The first-order chi connectivity index (χ1) is 10.2. The van der Waals surface area contributed by atoms with Gasteiger partial charge in [0.15, 0.2) is 0 Å². The average molecular weight is 351 g/mol. The highest BCUT2D eigenvalue weighted by molar-refractivity contribution is 9.10. The SMILES string of the molecule is O=[N+]([O-])c1ccc(OCCNCc2ccccc2Br)cc1. The Labute approximate surface area is 131 Å². The molecule has 0 aromatic heterocycles. The van der Waals surface area contributed by atoms with E-state index in [1.807, 2.05) is 24.3 Å². The van der Waals surface area contributed by atoms with E-state index in [0.29, 0.717) is 18.9 Å². The van der Waals surface area contributed by atoms with Gasteiger partial charge in [0.2, 0.25) is 0 Å². The smallest absolute Gasteiger partial charge is 0.269 e. The minimum atomic E-state index is -0.428. The zero-order chi connectivity index (χ0) is 15.1. The number of halogens is 1. The third-order valence-corrected chi connectivity index (χ3v) is 3.64. The summed E-state index contributed by atoms with van der Waals surface area (Å²) in [6.07, 6.45) is 0. The van der Waals surface area contributed by atoms with Crippen molar-refractivity contribution in [1.82, 2.24) is 5.32 Å². The van der Waals surface area contributed by atoms with Crippen molar-refractivity contribution in [2.24, 2.45) is 0 Å². The minimum absolute atomic E-state index is 0.0643. The first-order valence-electron chi connectivity index (χ1n) is 6.48. The molecule has 6 heteroatoms. The summed E-state index contributed by atoms with van der Waals surface area (Å²) in [6.45, 7) is 1.95. The number of nitrogens with zero attached hydrogens (tertiary/aromatic N) is 1. The van der Waals surface area contributed by atoms with Gasteiger partial charge in [-0.15, -0.1) is 0 Å². The number of nitro groups is 1. The fourth-order valence-electron chi connectivity index (χ4n) is 1.77. The van der Waals surface area contributed by atoms with E-state index in [9.17, 15) is 10.1 Å². The van der Waals surface area contributed by atoms with Gasteiger partial charge in [0.05, 0.1) is 4.92 Å². The van der Waals surface area contributed by atoms with Crippen LogP contribution in [0.2, 0.25) is 0 Å². The molecule has 0 heterocycles. The largest absolute Gasteiger partial charge is 0.492 e. The summed E-state index contributed by atoms with van der Waals surface area (Å²) >= 11 is 3.49. The van der Waals surface area contributed by atoms with Crippen LogP contribution in [0, 0.1) is 10.1 Å². The number of ether oxygens (including phenoxy) is 1. The van der Waals surface area contributed by atoms with Gasteiger partial charge in [-0.1, -0.05) is 34.1 Å². The van der Waals surface area contributed by atoms with Gasteiger partial charge in [0, 0.05) is 29.7 Å². The Morgan fingerprint density at radius 3 is 2.52 bits per heavy atom. The summed E-state index contributed by atoms with van der Waals surface area (Å²) in [7, 11) is 0. The first-order valence-corrected chi connectivity index (χ1v) is 7.27. The summed E-state index contributed by atoms with van der Waals surface area (Å²) in [5.41, 5.74) is 1.25. The van der Waals surface area contributed by atoms with Crippen LogP contribution >= 0.6 is 15.9 Å². The number of nitro benzene ring substituents is 1. The van der Waals surface area contributed by atoms with Crippen LogP contribution in [0.1, 0.15) is 5.56 Å². The second-order valence-corrected chi connectivity index (χ2v) is 5.22. The first kappa shape index (κ1) is 15.5.